The van der Waals surface area contributed by atoms with Gasteiger partial charge in [0.05, 0.1) is 11.4 Å². The van der Waals surface area contributed by atoms with Gasteiger partial charge in [0.15, 0.2) is 0 Å². The molecule has 0 bridgehead atoms. The third kappa shape index (κ3) is 3.36. The van der Waals surface area contributed by atoms with Crippen LogP contribution in [0.25, 0.3) is 0 Å². The Morgan fingerprint density at radius 2 is 1.95 bits per heavy atom. The van der Waals surface area contributed by atoms with Gasteiger partial charge in [0.25, 0.3) is 0 Å². The van der Waals surface area contributed by atoms with E-state index in [9.17, 15) is 9.90 Å². The molecule has 1 heterocycles. The highest BCUT2D eigenvalue weighted by molar-refractivity contribution is 5.95. The average molecular weight is 290 g/mol. The Morgan fingerprint density at radius 3 is 2.48 bits per heavy atom. The minimum atomic E-state index is -0.885. The molecule has 21 heavy (non-hydrogen) atoms. The highest BCUT2D eigenvalue weighted by atomic mass is 16.4. The number of carboxylic acid groups (broad SMARTS) is 1. The molecule has 0 spiro atoms. The van der Waals surface area contributed by atoms with Crippen molar-refractivity contribution in [3.63, 3.8) is 0 Å². The summed E-state index contributed by atoms with van der Waals surface area (Å²) in [5, 5.41) is 9.50. The molecule has 4 nitrogen and oxygen atoms in total. The zero-order chi connectivity index (χ0) is 15.6. The molecule has 116 valence electrons. The molecule has 1 aromatic heterocycles. The van der Waals surface area contributed by atoms with E-state index in [1.165, 1.54) is 19.3 Å². The predicted octanol–water partition coefficient (Wildman–Crippen LogP) is 3.80. The largest absolute Gasteiger partial charge is 0.478 e. The van der Waals surface area contributed by atoms with Gasteiger partial charge >= 0.3 is 5.97 Å². The Labute approximate surface area is 127 Å². The number of carboxylic acids is 1. The topological polar surface area (TPSA) is 53.4 Å². The Kier molecular flexibility index (Phi) is 4.86. The first-order valence-electron chi connectivity index (χ1n) is 7.88. The van der Waals surface area contributed by atoms with E-state index >= 15 is 0 Å². The SMILES string of the molecule is CCC1CCC(N(C)c2cc(C)nc(C)c2C(=O)O)CC1. The first kappa shape index (κ1) is 15.8. The molecule has 1 aliphatic carbocycles. The van der Waals surface area contributed by atoms with Gasteiger partial charge in [-0.1, -0.05) is 13.3 Å². The Morgan fingerprint density at radius 1 is 1.33 bits per heavy atom. The fourth-order valence-electron chi connectivity index (χ4n) is 3.49. The number of anilines is 1. The summed E-state index contributed by atoms with van der Waals surface area (Å²) in [5.41, 5.74) is 2.64. The van der Waals surface area contributed by atoms with Gasteiger partial charge in [0, 0.05) is 18.8 Å². The van der Waals surface area contributed by atoms with Gasteiger partial charge in [0.1, 0.15) is 5.56 Å². The normalized spacial score (nSPS) is 22.1. The summed E-state index contributed by atoms with van der Waals surface area (Å²) in [6.07, 6.45) is 6.04. The summed E-state index contributed by atoms with van der Waals surface area (Å²) >= 11 is 0. The molecule has 4 heteroatoms. The molecule has 1 fully saturated rings. The summed E-state index contributed by atoms with van der Waals surface area (Å²) in [7, 11) is 2.03. The highest BCUT2D eigenvalue weighted by Gasteiger charge is 2.26. The standard InChI is InChI=1S/C17H26N2O2/c1-5-13-6-8-14(9-7-13)19(4)15-10-11(2)18-12(3)16(15)17(20)21/h10,13-14H,5-9H2,1-4H3,(H,20,21). The van der Waals surface area contributed by atoms with E-state index in [1.54, 1.807) is 6.92 Å². The zero-order valence-electron chi connectivity index (χ0n) is 13.5. The van der Waals surface area contributed by atoms with Crippen molar-refractivity contribution in [1.82, 2.24) is 4.98 Å². The van der Waals surface area contributed by atoms with E-state index in [4.69, 9.17) is 0 Å². The molecule has 0 unspecified atom stereocenters. The van der Waals surface area contributed by atoms with E-state index in [1.807, 2.05) is 20.0 Å². The van der Waals surface area contributed by atoms with Gasteiger partial charge in [-0.2, -0.15) is 0 Å². The van der Waals surface area contributed by atoms with E-state index in [0.29, 0.717) is 17.3 Å². The molecule has 1 aromatic rings. The highest BCUT2D eigenvalue weighted by Crippen LogP contribution is 2.33. The van der Waals surface area contributed by atoms with Gasteiger partial charge in [-0.05, 0) is 51.5 Å². The van der Waals surface area contributed by atoms with Crippen LogP contribution in [0.1, 0.15) is 60.8 Å². The van der Waals surface area contributed by atoms with Crippen LogP contribution in [0.5, 0.6) is 0 Å². The molecular formula is C17H26N2O2. The number of hydrogen-bond donors (Lipinski definition) is 1. The van der Waals surface area contributed by atoms with E-state index in [-0.39, 0.29) is 0 Å². The van der Waals surface area contributed by atoms with E-state index < -0.39 is 5.97 Å². The van der Waals surface area contributed by atoms with E-state index in [0.717, 1.165) is 30.1 Å². The van der Waals surface area contributed by atoms with Gasteiger partial charge in [-0.3, -0.25) is 4.98 Å². The van der Waals surface area contributed by atoms with Crippen LogP contribution in [0.15, 0.2) is 6.07 Å². The third-order valence-corrected chi connectivity index (χ3v) is 4.84. The molecule has 1 saturated carbocycles. The van der Waals surface area contributed by atoms with Crippen molar-refractivity contribution in [2.45, 2.75) is 58.9 Å². The van der Waals surface area contributed by atoms with Crippen molar-refractivity contribution in [1.29, 1.82) is 0 Å². The molecule has 1 N–H and O–H groups in total. The maximum absolute atomic E-state index is 11.6. The van der Waals surface area contributed by atoms with Gasteiger partial charge in [-0.25, -0.2) is 4.79 Å². The number of aromatic nitrogens is 1. The van der Waals surface area contributed by atoms with Crippen molar-refractivity contribution in [2.75, 3.05) is 11.9 Å². The average Bonchev–Trinajstić information content (AvgIpc) is 2.45. The first-order chi connectivity index (χ1) is 9.93. The lowest BCUT2D eigenvalue weighted by molar-refractivity contribution is 0.0696. The minimum Gasteiger partial charge on any atom is -0.478 e. The van der Waals surface area contributed by atoms with Crippen LogP contribution in [-0.4, -0.2) is 29.1 Å². The molecule has 0 atom stereocenters. The molecule has 2 rings (SSSR count). The molecule has 0 aliphatic heterocycles. The monoisotopic (exact) mass is 290 g/mol. The number of pyridine rings is 1. The molecule has 0 radical (unpaired) electrons. The molecule has 1 aliphatic rings. The number of nitrogens with zero attached hydrogens (tertiary/aromatic N) is 2. The van der Waals surface area contributed by atoms with Gasteiger partial charge < -0.3 is 10.0 Å². The van der Waals surface area contributed by atoms with Crippen molar-refractivity contribution in [3.8, 4) is 0 Å². The van der Waals surface area contributed by atoms with Crippen molar-refractivity contribution in [2.24, 2.45) is 5.92 Å². The van der Waals surface area contributed by atoms with Crippen LogP contribution in [-0.2, 0) is 0 Å². The summed E-state index contributed by atoms with van der Waals surface area (Å²) < 4.78 is 0. The van der Waals surface area contributed by atoms with Crippen LogP contribution in [0.4, 0.5) is 5.69 Å². The molecule has 0 aromatic carbocycles. The minimum absolute atomic E-state index is 0.348. The Balaban J connectivity index is 2.27. The fourth-order valence-corrected chi connectivity index (χ4v) is 3.49. The van der Waals surface area contributed by atoms with Crippen LogP contribution in [0.3, 0.4) is 0 Å². The first-order valence-corrected chi connectivity index (χ1v) is 7.88. The third-order valence-electron chi connectivity index (χ3n) is 4.84. The maximum atomic E-state index is 11.6. The second kappa shape index (κ2) is 6.46. The number of aryl methyl sites for hydroxylation is 2. The van der Waals surface area contributed by atoms with E-state index in [2.05, 4.69) is 16.8 Å². The Hall–Kier alpha value is -1.58. The molecule has 0 saturated heterocycles. The quantitative estimate of drug-likeness (QED) is 0.916. The number of carbonyl (C=O) groups is 1. The van der Waals surface area contributed by atoms with Crippen molar-refractivity contribution < 1.29 is 9.90 Å². The summed E-state index contributed by atoms with van der Waals surface area (Å²) in [6.45, 7) is 5.96. The molecule has 0 amide bonds. The number of aromatic carboxylic acids is 1. The lowest BCUT2D eigenvalue weighted by Gasteiger charge is -2.36. The zero-order valence-corrected chi connectivity index (χ0v) is 13.5. The molecular weight excluding hydrogens is 264 g/mol. The lowest BCUT2D eigenvalue weighted by Crippen LogP contribution is -2.36. The second-order valence-electron chi connectivity index (χ2n) is 6.24. The van der Waals surface area contributed by atoms with Crippen molar-refractivity contribution in [3.05, 3.63) is 23.0 Å². The summed E-state index contributed by atoms with van der Waals surface area (Å²) in [5.74, 6) is -0.0430. The van der Waals surface area contributed by atoms with Crippen LogP contribution < -0.4 is 4.90 Å². The van der Waals surface area contributed by atoms with Gasteiger partial charge in [0.2, 0.25) is 0 Å². The smallest absolute Gasteiger partial charge is 0.339 e. The second-order valence-corrected chi connectivity index (χ2v) is 6.24. The fraction of sp³-hybridized carbons (Fsp3) is 0.647. The summed E-state index contributed by atoms with van der Waals surface area (Å²) in [4.78, 5) is 18.0. The lowest BCUT2D eigenvalue weighted by atomic mass is 9.84. The van der Waals surface area contributed by atoms with Crippen LogP contribution in [0, 0.1) is 19.8 Å². The predicted molar refractivity (Wildman–Crippen MR) is 85.1 cm³/mol. The Bertz CT molecular complexity index is 520. The van der Waals surface area contributed by atoms with Gasteiger partial charge in [-0.15, -0.1) is 0 Å². The van der Waals surface area contributed by atoms with Crippen LogP contribution in [0.2, 0.25) is 0 Å². The summed E-state index contributed by atoms with van der Waals surface area (Å²) in [6, 6.07) is 2.34. The van der Waals surface area contributed by atoms with Crippen molar-refractivity contribution >= 4 is 11.7 Å². The maximum Gasteiger partial charge on any atom is 0.339 e. The van der Waals surface area contributed by atoms with Crippen LogP contribution >= 0.6 is 0 Å². The number of hydrogen-bond acceptors (Lipinski definition) is 3. The number of rotatable bonds is 4.